The molecule has 0 radical (unpaired) electrons. The fourth-order valence-corrected chi connectivity index (χ4v) is 1.85. The molecule has 0 heterocycles. The van der Waals surface area contributed by atoms with Crippen molar-refractivity contribution in [3.8, 4) is 5.75 Å². The molecule has 1 unspecified atom stereocenters. The number of methoxy groups -OCH3 is 1. The SMILES string of the molecule is CCN(CCO)C(=O)C(C)c1ccc(OC)cc1. The molecule has 4 nitrogen and oxygen atoms in total. The molecule has 0 aliphatic heterocycles. The lowest BCUT2D eigenvalue weighted by Crippen LogP contribution is -2.36. The minimum Gasteiger partial charge on any atom is -0.497 e. The zero-order valence-corrected chi connectivity index (χ0v) is 11.2. The summed E-state index contributed by atoms with van der Waals surface area (Å²) in [6, 6.07) is 7.49. The van der Waals surface area contributed by atoms with Gasteiger partial charge in [-0.3, -0.25) is 4.79 Å². The second-order valence-corrected chi connectivity index (χ2v) is 4.14. The van der Waals surface area contributed by atoms with E-state index in [4.69, 9.17) is 9.84 Å². The molecule has 18 heavy (non-hydrogen) atoms. The quantitative estimate of drug-likeness (QED) is 0.836. The van der Waals surface area contributed by atoms with Gasteiger partial charge in [-0.1, -0.05) is 12.1 Å². The van der Waals surface area contributed by atoms with Crippen molar-refractivity contribution in [2.75, 3.05) is 26.8 Å². The van der Waals surface area contributed by atoms with Crippen molar-refractivity contribution in [1.29, 1.82) is 0 Å². The Labute approximate surface area is 108 Å². The summed E-state index contributed by atoms with van der Waals surface area (Å²) < 4.78 is 5.09. The van der Waals surface area contributed by atoms with Gasteiger partial charge in [-0.25, -0.2) is 0 Å². The highest BCUT2D eigenvalue weighted by Crippen LogP contribution is 2.21. The van der Waals surface area contributed by atoms with Crippen molar-refractivity contribution in [2.45, 2.75) is 19.8 Å². The molecule has 0 saturated carbocycles. The van der Waals surface area contributed by atoms with Gasteiger partial charge in [0, 0.05) is 13.1 Å². The molecule has 0 aromatic heterocycles. The number of rotatable bonds is 6. The summed E-state index contributed by atoms with van der Waals surface area (Å²) in [4.78, 5) is 13.9. The maximum Gasteiger partial charge on any atom is 0.229 e. The highest BCUT2D eigenvalue weighted by molar-refractivity contribution is 5.83. The topological polar surface area (TPSA) is 49.8 Å². The van der Waals surface area contributed by atoms with Crippen LogP contribution < -0.4 is 4.74 Å². The summed E-state index contributed by atoms with van der Waals surface area (Å²) in [6.07, 6.45) is 0. The molecule has 1 aromatic rings. The van der Waals surface area contributed by atoms with E-state index >= 15 is 0 Å². The van der Waals surface area contributed by atoms with Crippen LogP contribution >= 0.6 is 0 Å². The van der Waals surface area contributed by atoms with Crippen LogP contribution in [0, 0.1) is 0 Å². The van der Waals surface area contributed by atoms with Gasteiger partial charge in [-0.15, -0.1) is 0 Å². The number of amides is 1. The number of ether oxygens (including phenoxy) is 1. The number of hydrogen-bond donors (Lipinski definition) is 1. The lowest BCUT2D eigenvalue weighted by molar-refractivity contribution is -0.132. The monoisotopic (exact) mass is 251 g/mol. The predicted octanol–water partition coefficient (Wildman–Crippen LogP) is 1.64. The molecule has 1 amide bonds. The average molecular weight is 251 g/mol. The molecule has 0 aliphatic rings. The number of likely N-dealkylation sites (N-methyl/N-ethyl adjacent to an activating group) is 1. The van der Waals surface area contributed by atoms with E-state index in [-0.39, 0.29) is 18.4 Å². The molecule has 0 spiro atoms. The van der Waals surface area contributed by atoms with Crippen molar-refractivity contribution in [3.63, 3.8) is 0 Å². The molecule has 0 saturated heterocycles. The molecule has 100 valence electrons. The smallest absolute Gasteiger partial charge is 0.229 e. The zero-order chi connectivity index (χ0) is 13.5. The number of carbonyl (C=O) groups is 1. The first-order chi connectivity index (χ1) is 8.63. The van der Waals surface area contributed by atoms with Crippen molar-refractivity contribution in [1.82, 2.24) is 4.90 Å². The number of hydrogen-bond acceptors (Lipinski definition) is 3. The lowest BCUT2D eigenvalue weighted by Gasteiger charge is -2.23. The van der Waals surface area contributed by atoms with Gasteiger partial charge in [0.25, 0.3) is 0 Å². The highest BCUT2D eigenvalue weighted by Gasteiger charge is 2.20. The standard InChI is InChI=1S/C14H21NO3/c1-4-15(9-10-16)14(17)11(2)12-5-7-13(18-3)8-6-12/h5-8,11,16H,4,9-10H2,1-3H3. The normalized spacial score (nSPS) is 12.0. The number of carbonyl (C=O) groups excluding carboxylic acids is 1. The highest BCUT2D eigenvalue weighted by atomic mass is 16.5. The van der Waals surface area contributed by atoms with Gasteiger partial charge in [-0.05, 0) is 31.5 Å². The Morgan fingerprint density at radius 2 is 2.00 bits per heavy atom. The van der Waals surface area contributed by atoms with Crippen LogP contribution in [0.15, 0.2) is 24.3 Å². The van der Waals surface area contributed by atoms with Crippen LogP contribution in [-0.4, -0.2) is 42.7 Å². The summed E-state index contributed by atoms with van der Waals surface area (Å²) in [5.74, 6) is 0.611. The van der Waals surface area contributed by atoms with E-state index < -0.39 is 0 Å². The van der Waals surface area contributed by atoms with Crippen LogP contribution in [0.4, 0.5) is 0 Å². The zero-order valence-electron chi connectivity index (χ0n) is 11.2. The summed E-state index contributed by atoms with van der Waals surface area (Å²) >= 11 is 0. The van der Waals surface area contributed by atoms with Crippen molar-refractivity contribution in [3.05, 3.63) is 29.8 Å². The van der Waals surface area contributed by atoms with E-state index in [0.717, 1.165) is 11.3 Å². The molecule has 1 atom stereocenters. The van der Waals surface area contributed by atoms with Gasteiger partial charge < -0.3 is 14.7 Å². The van der Waals surface area contributed by atoms with E-state index in [1.807, 2.05) is 38.1 Å². The van der Waals surface area contributed by atoms with E-state index in [1.165, 1.54) is 0 Å². The largest absolute Gasteiger partial charge is 0.497 e. The molecule has 0 bridgehead atoms. The van der Waals surface area contributed by atoms with E-state index in [1.54, 1.807) is 12.0 Å². The Hall–Kier alpha value is -1.55. The molecule has 0 aliphatic carbocycles. The second kappa shape index (κ2) is 7.01. The third-order valence-corrected chi connectivity index (χ3v) is 3.05. The average Bonchev–Trinajstić information content (AvgIpc) is 2.43. The summed E-state index contributed by atoms with van der Waals surface area (Å²) in [5, 5.41) is 8.93. The van der Waals surface area contributed by atoms with Gasteiger partial charge in [0.1, 0.15) is 5.75 Å². The van der Waals surface area contributed by atoms with Crippen LogP contribution in [0.5, 0.6) is 5.75 Å². The van der Waals surface area contributed by atoms with Gasteiger partial charge in [0.2, 0.25) is 5.91 Å². The van der Waals surface area contributed by atoms with Crippen molar-refractivity contribution < 1.29 is 14.6 Å². The maximum absolute atomic E-state index is 12.2. The summed E-state index contributed by atoms with van der Waals surface area (Å²) in [5.41, 5.74) is 0.956. The van der Waals surface area contributed by atoms with Gasteiger partial charge >= 0.3 is 0 Å². The Balaban J connectivity index is 2.78. The maximum atomic E-state index is 12.2. The van der Waals surface area contributed by atoms with E-state index in [2.05, 4.69) is 0 Å². The minimum absolute atomic E-state index is 0.00505. The second-order valence-electron chi connectivity index (χ2n) is 4.14. The third kappa shape index (κ3) is 3.47. The minimum atomic E-state index is -0.206. The molecular weight excluding hydrogens is 230 g/mol. The van der Waals surface area contributed by atoms with Crippen molar-refractivity contribution in [2.24, 2.45) is 0 Å². The molecule has 1 rings (SSSR count). The predicted molar refractivity (Wildman–Crippen MR) is 70.7 cm³/mol. The van der Waals surface area contributed by atoms with Gasteiger partial charge in [0.15, 0.2) is 0 Å². The number of nitrogens with zero attached hydrogens (tertiary/aromatic N) is 1. The van der Waals surface area contributed by atoms with Crippen molar-refractivity contribution >= 4 is 5.91 Å². The first kappa shape index (κ1) is 14.5. The van der Waals surface area contributed by atoms with Crippen LogP contribution in [0.25, 0.3) is 0 Å². The molecule has 0 fully saturated rings. The molecule has 1 aromatic carbocycles. The summed E-state index contributed by atoms with van der Waals surface area (Å²) in [7, 11) is 1.61. The fourth-order valence-electron chi connectivity index (χ4n) is 1.85. The van der Waals surface area contributed by atoms with Crippen LogP contribution in [0.1, 0.15) is 25.3 Å². The number of aliphatic hydroxyl groups excluding tert-OH is 1. The van der Waals surface area contributed by atoms with E-state index in [9.17, 15) is 4.79 Å². The fraction of sp³-hybridized carbons (Fsp3) is 0.500. The first-order valence-electron chi connectivity index (χ1n) is 6.17. The van der Waals surface area contributed by atoms with E-state index in [0.29, 0.717) is 13.1 Å². The third-order valence-electron chi connectivity index (χ3n) is 3.05. The van der Waals surface area contributed by atoms with Crippen LogP contribution in [0.2, 0.25) is 0 Å². The Bertz CT molecular complexity index is 375. The Morgan fingerprint density at radius 1 is 1.39 bits per heavy atom. The number of aliphatic hydroxyl groups is 1. The van der Waals surface area contributed by atoms with Gasteiger partial charge in [-0.2, -0.15) is 0 Å². The van der Waals surface area contributed by atoms with Gasteiger partial charge in [0.05, 0.1) is 19.6 Å². The summed E-state index contributed by atoms with van der Waals surface area (Å²) in [6.45, 7) is 4.78. The van der Waals surface area contributed by atoms with Crippen LogP contribution in [0.3, 0.4) is 0 Å². The first-order valence-corrected chi connectivity index (χ1v) is 6.17. The molecular formula is C14H21NO3. The van der Waals surface area contributed by atoms with Crippen LogP contribution in [-0.2, 0) is 4.79 Å². The Kier molecular flexibility index (Phi) is 5.65. The molecule has 1 N–H and O–H groups in total. The Morgan fingerprint density at radius 3 is 2.44 bits per heavy atom. The lowest BCUT2D eigenvalue weighted by atomic mass is 9.99. The number of benzene rings is 1. The molecule has 4 heteroatoms.